The Morgan fingerprint density at radius 1 is 1.41 bits per heavy atom. The third kappa shape index (κ3) is 3.08. The fourth-order valence-corrected chi connectivity index (χ4v) is 3.14. The Kier molecular flexibility index (Phi) is 4.17. The van der Waals surface area contributed by atoms with E-state index in [4.69, 9.17) is 0 Å². The van der Waals surface area contributed by atoms with Crippen LogP contribution in [0.3, 0.4) is 0 Å². The van der Waals surface area contributed by atoms with Crippen LogP contribution in [0.25, 0.3) is 0 Å². The summed E-state index contributed by atoms with van der Waals surface area (Å²) in [6, 6.07) is 10.1. The topological polar surface area (TPSA) is 39.2 Å². The fourth-order valence-electron chi connectivity index (χ4n) is 1.29. The first-order valence-corrected chi connectivity index (χ1v) is 6.86. The van der Waals surface area contributed by atoms with Gasteiger partial charge >= 0.3 is 5.97 Å². The summed E-state index contributed by atoms with van der Waals surface area (Å²) < 4.78 is 5.58. The van der Waals surface area contributed by atoms with E-state index in [0.717, 1.165) is 9.96 Å². The molecule has 0 spiro atoms. The second-order valence-corrected chi connectivity index (χ2v) is 5.35. The third-order valence-electron chi connectivity index (χ3n) is 2.13. The first-order chi connectivity index (χ1) is 8.31. The van der Waals surface area contributed by atoms with Crippen molar-refractivity contribution in [3.63, 3.8) is 0 Å². The fraction of sp³-hybridized carbons (Fsp3) is 0.167. The van der Waals surface area contributed by atoms with Gasteiger partial charge in [0.25, 0.3) is 0 Å². The van der Waals surface area contributed by atoms with Crippen LogP contribution in [0, 0.1) is 0 Å². The van der Waals surface area contributed by atoms with Gasteiger partial charge in [-0.1, -0.05) is 30.3 Å². The minimum Gasteiger partial charge on any atom is -0.464 e. The molecule has 5 heteroatoms. The van der Waals surface area contributed by atoms with Crippen molar-refractivity contribution in [3.05, 3.63) is 47.1 Å². The van der Waals surface area contributed by atoms with E-state index in [1.54, 1.807) is 17.3 Å². The highest BCUT2D eigenvalue weighted by Gasteiger charge is 2.15. The predicted molar refractivity (Wildman–Crippen MR) is 69.5 cm³/mol. The standard InChI is InChI=1S/C12H11NO2S2/c1-15-11(14)10-12(17-8-13-10)16-7-9-5-3-2-4-6-9/h2-6,8H,7H2,1H3. The molecule has 0 fully saturated rings. The normalized spacial score (nSPS) is 10.2. The first kappa shape index (κ1) is 12.1. The molecule has 0 saturated carbocycles. The molecule has 2 rings (SSSR count). The predicted octanol–water partition coefficient (Wildman–Crippen LogP) is 3.22. The van der Waals surface area contributed by atoms with E-state index in [0.29, 0.717) is 5.69 Å². The van der Waals surface area contributed by atoms with Gasteiger partial charge in [0, 0.05) is 5.75 Å². The number of carbonyl (C=O) groups is 1. The Morgan fingerprint density at radius 3 is 2.88 bits per heavy atom. The second-order valence-electron chi connectivity index (χ2n) is 3.25. The summed E-state index contributed by atoms with van der Waals surface area (Å²) in [6.07, 6.45) is 0. The van der Waals surface area contributed by atoms with Crippen LogP contribution >= 0.6 is 23.1 Å². The van der Waals surface area contributed by atoms with Crippen molar-refractivity contribution in [2.24, 2.45) is 0 Å². The number of rotatable bonds is 4. The highest BCUT2D eigenvalue weighted by atomic mass is 32.2. The van der Waals surface area contributed by atoms with Gasteiger partial charge in [0.05, 0.1) is 16.8 Å². The number of ether oxygens (including phenoxy) is 1. The zero-order valence-corrected chi connectivity index (χ0v) is 10.9. The number of carbonyl (C=O) groups excluding carboxylic acids is 1. The van der Waals surface area contributed by atoms with E-state index >= 15 is 0 Å². The Balaban J connectivity index is 2.05. The van der Waals surface area contributed by atoms with Crippen LogP contribution < -0.4 is 0 Å². The minimum absolute atomic E-state index is 0.373. The van der Waals surface area contributed by atoms with Gasteiger partial charge in [-0.25, -0.2) is 9.78 Å². The molecule has 0 radical (unpaired) electrons. The number of thiazole rings is 1. The average Bonchev–Trinajstić information content (AvgIpc) is 2.85. The SMILES string of the molecule is COC(=O)c1ncsc1SCc1ccccc1. The van der Waals surface area contributed by atoms with Crippen molar-refractivity contribution in [3.8, 4) is 0 Å². The maximum atomic E-state index is 11.4. The van der Waals surface area contributed by atoms with E-state index < -0.39 is 0 Å². The molecule has 1 heterocycles. The van der Waals surface area contributed by atoms with E-state index in [9.17, 15) is 4.79 Å². The van der Waals surface area contributed by atoms with Gasteiger partial charge in [-0.3, -0.25) is 0 Å². The molecule has 88 valence electrons. The minimum atomic E-state index is -0.373. The number of esters is 1. The molecule has 3 nitrogen and oxygen atoms in total. The quantitative estimate of drug-likeness (QED) is 0.628. The first-order valence-electron chi connectivity index (χ1n) is 5.00. The van der Waals surface area contributed by atoms with Gasteiger partial charge in [-0.2, -0.15) is 0 Å². The molecule has 1 aromatic carbocycles. The van der Waals surface area contributed by atoms with Crippen molar-refractivity contribution in [2.45, 2.75) is 9.96 Å². The summed E-state index contributed by atoms with van der Waals surface area (Å²) in [5.41, 5.74) is 3.31. The summed E-state index contributed by atoms with van der Waals surface area (Å²) in [6.45, 7) is 0. The highest BCUT2D eigenvalue weighted by molar-refractivity contribution is 8.00. The molecule has 1 aromatic heterocycles. The summed E-state index contributed by atoms with van der Waals surface area (Å²) >= 11 is 3.07. The van der Waals surface area contributed by atoms with E-state index in [-0.39, 0.29) is 5.97 Å². The van der Waals surface area contributed by atoms with Gasteiger partial charge in [0.1, 0.15) is 0 Å². The summed E-state index contributed by atoms with van der Waals surface area (Å²) in [5, 5.41) is 0. The Hall–Kier alpha value is -1.33. The number of hydrogen-bond donors (Lipinski definition) is 0. The molecular formula is C12H11NO2S2. The van der Waals surface area contributed by atoms with Gasteiger partial charge < -0.3 is 4.74 Å². The number of nitrogens with zero attached hydrogens (tertiary/aromatic N) is 1. The summed E-state index contributed by atoms with van der Waals surface area (Å²) in [4.78, 5) is 15.4. The molecule has 0 bridgehead atoms. The Bertz CT molecular complexity index is 496. The lowest BCUT2D eigenvalue weighted by Crippen LogP contribution is -2.02. The van der Waals surface area contributed by atoms with Crippen LogP contribution in [0.2, 0.25) is 0 Å². The smallest absolute Gasteiger partial charge is 0.358 e. The maximum Gasteiger partial charge on any atom is 0.358 e. The molecule has 17 heavy (non-hydrogen) atoms. The second kappa shape index (κ2) is 5.84. The summed E-state index contributed by atoms with van der Waals surface area (Å²) in [5.74, 6) is 0.453. The molecule has 0 N–H and O–H groups in total. The lowest BCUT2D eigenvalue weighted by molar-refractivity contribution is 0.0591. The van der Waals surface area contributed by atoms with Crippen molar-refractivity contribution >= 4 is 29.1 Å². The van der Waals surface area contributed by atoms with Crippen LogP contribution in [-0.2, 0) is 10.5 Å². The molecule has 0 amide bonds. The van der Waals surface area contributed by atoms with Crippen molar-refractivity contribution in [1.29, 1.82) is 0 Å². The van der Waals surface area contributed by atoms with Crippen LogP contribution in [0.4, 0.5) is 0 Å². The molecule has 2 aromatic rings. The zero-order valence-electron chi connectivity index (χ0n) is 9.25. The van der Waals surface area contributed by atoms with Gasteiger partial charge in [0.2, 0.25) is 0 Å². The van der Waals surface area contributed by atoms with Gasteiger partial charge in [-0.05, 0) is 5.56 Å². The van der Waals surface area contributed by atoms with E-state index in [1.807, 2.05) is 18.2 Å². The lowest BCUT2D eigenvalue weighted by Gasteiger charge is -2.01. The number of benzene rings is 1. The molecule has 0 aliphatic carbocycles. The van der Waals surface area contributed by atoms with Crippen molar-refractivity contribution in [2.75, 3.05) is 7.11 Å². The van der Waals surface area contributed by atoms with Crippen molar-refractivity contribution < 1.29 is 9.53 Å². The number of aromatic nitrogens is 1. The third-order valence-corrected chi connectivity index (χ3v) is 4.32. The van der Waals surface area contributed by atoms with Crippen molar-refractivity contribution in [1.82, 2.24) is 4.98 Å². The molecule has 0 aliphatic rings. The Labute approximate surface area is 108 Å². The lowest BCUT2D eigenvalue weighted by atomic mass is 10.2. The monoisotopic (exact) mass is 265 g/mol. The van der Waals surface area contributed by atoms with Crippen LogP contribution in [-0.4, -0.2) is 18.1 Å². The molecule has 0 unspecified atom stereocenters. The number of hydrogen-bond acceptors (Lipinski definition) is 5. The van der Waals surface area contributed by atoms with Gasteiger partial charge in [0.15, 0.2) is 5.69 Å². The molecule has 0 saturated heterocycles. The van der Waals surface area contributed by atoms with Gasteiger partial charge in [-0.15, -0.1) is 23.1 Å². The Morgan fingerprint density at radius 2 is 2.18 bits per heavy atom. The average molecular weight is 265 g/mol. The molecular weight excluding hydrogens is 254 g/mol. The zero-order chi connectivity index (χ0) is 12.1. The van der Waals surface area contributed by atoms with Crippen LogP contribution in [0.5, 0.6) is 0 Å². The van der Waals surface area contributed by atoms with Crippen LogP contribution in [0.15, 0.2) is 40.1 Å². The molecule has 0 atom stereocenters. The van der Waals surface area contributed by atoms with Crippen LogP contribution in [0.1, 0.15) is 16.1 Å². The number of methoxy groups -OCH3 is 1. The maximum absolute atomic E-state index is 11.4. The van der Waals surface area contributed by atoms with E-state index in [1.165, 1.54) is 24.0 Å². The van der Waals surface area contributed by atoms with E-state index in [2.05, 4.69) is 21.9 Å². The number of thioether (sulfide) groups is 1. The summed E-state index contributed by atoms with van der Waals surface area (Å²) in [7, 11) is 1.37. The molecule has 0 aliphatic heterocycles. The largest absolute Gasteiger partial charge is 0.464 e. The highest BCUT2D eigenvalue weighted by Crippen LogP contribution is 2.29.